The Morgan fingerprint density at radius 2 is 2.20 bits per heavy atom. The molecule has 3 rings (SSSR count). The Labute approximate surface area is 185 Å². The third-order valence-corrected chi connectivity index (χ3v) is 7.34. The normalized spacial score (nSPS) is 23.8. The van der Waals surface area contributed by atoms with Gasteiger partial charge < -0.3 is 20.5 Å². The molecule has 30 heavy (non-hydrogen) atoms. The second kappa shape index (κ2) is 12.0. The first-order valence-electron chi connectivity index (χ1n) is 11.5. The first-order chi connectivity index (χ1) is 14.7. The number of ether oxygens (including phenoxy) is 1. The molecule has 0 aromatic carbocycles. The molecule has 3 heterocycles. The number of nitrogens with zero attached hydrogens (tertiary/aromatic N) is 3. The van der Waals surface area contributed by atoms with Crippen molar-refractivity contribution in [1.29, 1.82) is 0 Å². The number of thiazole rings is 1. The van der Waals surface area contributed by atoms with Gasteiger partial charge in [-0.15, -0.1) is 11.3 Å². The molecule has 2 aliphatic heterocycles. The van der Waals surface area contributed by atoms with Gasteiger partial charge in [-0.2, -0.15) is 0 Å². The summed E-state index contributed by atoms with van der Waals surface area (Å²) in [4.78, 5) is 12.1. The van der Waals surface area contributed by atoms with Gasteiger partial charge in [-0.1, -0.05) is 6.92 Å². The van der Waals surface area contributed by atoms with Gasteiger partial charge >= 0.3 is 0 Å². The van der Waals surface area contributed by atoms with Crippen LogP contribution in [0.25, 0.3) is 0 Å². The Morgan fingerprint density at radius 3 is 2.83 bits per heavy atom. The minimum Gasteiger partial charge on any atom is -0.396 e. The number of hydrogen-bond donors (Lipinski definition) is 3. The van der Waals surface area contributed by atoms with Crippen LogP contribution in [0.5, 0.6) is 0 Å². The van der Waals surface area contributed by atoms with E-state index in [2.05, 4.69) is 34.8 Å². The van der Waals surface area contributed by atoms with E-state index in [1.54, 1.807) is 11.3 Å². The lowest BCUT2D eigenvalue weighted by molar-refractivity contribution is 0.131. The average Bonchev–Trinajstić information content (AvgIpc) is 3.41. The van der Waals surface area contributed by atoms with Gasteiger partial charge in [-0.3, -0.25) is 9.89 Å². The maximum absolute atomic E-state index is 9.42. The van der Waals surface area contributed by atoms with Crippen LogP contribution in [-0.2, 0) is 17.7 Å². The van der Waals surface area contributed by atoms with Crippen LogP contribution >= 0.6 is 11.3 Å². The number of nitrogens with one attached hydrogen (secondary N) is 2. The topological polar surface area (TPSA) is 82.0 Å². The molecule has 0 amide bonds. The molecule has 0 radical (unpaired) electrons. The van der Waals surface area contributed by atoms with Crippen molar-refractivity contribution in [3.63, 3.8) is 0 Å². The Hall–Kier alpha value is -1.22. The number of rotatable bonds is 10. The second-order valence-corrected chi connectivity index (χ2v) is 9.60. The zero-order valence-corrected chi connectivity index (χ0v) is 19.5. The summed E-state index contributed by atoms with van der Waals surface area (Å²) in [7, 11) is 0. The van der Waals surface area contributed by atoms with Gasteiger partial charge in [0.15, 0.2) is 5.96 Å². The number of likely N-dealkylation sites (tertiary alicyclic amines) is 1. The van der Waals surface area contributed by atoms with Gasteiger partial charge in [-0.25, -0.2) is 4.98 Å². The molecule has 170 valence electrons. The molecule has 1 aromatic heterocycles. The van der Waals surface area contributed by atoms with E-state index in [0.29, 0.717) is 19.1 Å². The summed E-state index contributed by atoms with van der Waals surface area (Å²) in [5.74, 6) is 1.56. The van der Waals surface area contributed by atoms with Crippen LogP contribution in [0.3, 0.4) is 0 Å². The number of guanidine groups is 1. The number of aliphatic hydroxyl groups excluding tert-OH is 1. The number of aliphatic imine (C=N–C) groups is 1. The van der Waals surface area contributed by atoms with Crippen LogP contribution < -0.4 is 10.6 Å². The molecule has 0 aliphatic carbocycles. The molecular formula is C22H39N5O2S. The molecule has 2 saturated heterocycles. The first-order valence-corrected chi connectivity index (χ1v) is 12.4. The highest BCUT2D eigenvalue weighted by Crippen LogP contribution is 2.32. The van der Waals surface area contributed by atoms with E-state index < -0.39 is 0 Å². The minimum atomic E-state index is -0.00419. The SMILES string of the molecule is CCNC(=NCC1(CCO)CCOC1)NCC1CCN(Cc2csc(CC)n2)CC1. The van der Waals surface area contributed by atoms with E-state index in [0.717, 1.165) is 64.6 Å². The monoisotopic (exact) mass is 437 g/mol. The molecule has 1 unspecified atom stereocenters. The smallest absolute Gasteiger partial charge is 0.191 e. The van der Waals surface area contributed by atoms with Crippen molar-refractivity contribution in [2.24, 2.45) is 16.3 Å². The van der Waals surface area contributed by atoms with Crippen molar-refractivity contribution in [3.8, 4) is 0 Å². The van der Waals surface area contributed by atoms with E-state index in [1.165, 1.54) is 23.5 Å². The highest BCUT2D eigenvalue weighted by Gasteiger charge is 2.34. The van der Waals surface area contributed by atoms with Crippen LogP contribution in [0, 0.1) is 11.3 Å². The molecular weight excluding hydrogens is 398 g/mol. The van der Waals surface area contributed by atoms with Gasteiger partial charge in [0, 0.05) is 43.6 Å². The average molecular weight is 438 g/mol. The van der Waals surface area contributed by atoms with Crippen LogP contribution in [0.2, 0.25) is 0 Å². The predicted molar refractivity (Wildman–Crippen MR) is 123 cm³/mol. The van der Waals surface area contributed by atoms with Gasteiger partial charge in [0.05, 0.1) is 23.9 Å². The maximum atomic E-state index is 9.42. The second-order valence-electron chi connectivity index (χ2n) is 8.66. The number of piperidine rings is 1. The fourth-order valence-corrected chi connectivity index (χ4v) is 5.01. The van der Waals surface area contributed by atoms with E-state index in [1.807, 2.05) is 0 Å². The number of hydrogen-bond acceptors (Lipinski definition) is 6. The fraction of sp³-hybridized carbons (Fsp3) is 0.818. The molecule has 1 atom stereocenters. The summed E-state index contributed by atoms with van der Waals surface area (Å²) in [6.45, 7) is 11.7. The molecule has 2 fully saturated rings. The third kappa shape index (κ3) is 6.90. The van der Waals surface area contributed by atoms with Crippen LogP contribution in [0.1, 0.15) is 50.2 Å². The lowest BCUT2D eigenvalue weighted by Gasteiger charge is -2.32. The lowest BCUT2D eigenvalue weighted by atomic mass is 9.84. The van der Waals surface area contributed by atoms with E-state index >= 15 is 0 Å². The number of aryl methyl sites for hydroxylation is 1. The maximum Gasteiger partial charge on any atom is 0.191 e. The minimum absolute atomic E-state index is 0.00419. The summed E-state index contributed by atoms with van der Waals surface area (Å²) in [5, 5.41) is 19.8. The van der Waals surface area contributed by atoms with Crippen molar-refractivity contribution < 1.29 is 9.84 Å². The number of aliphatic hydroxyl groups is 1. The molecule has 3 N–H and O–H groups in total. The lowest BCUT2D eigenvalue weighted by Crippen LogP contribution is -2.43. The zero-order chi connectivity index (χ0) is 21.2. The predicted octanol–water partition coefficient (Wildman–Crippen LogP) is 2.26. The highest BCUT2D eigenvalue weighted by atomic mass is 32.1. The summed E-state index contributed by atoms with van der Waals surface area (Å²) < 4.78 is 5.59. The molecule has 8 heteroatoms. The summed E-state index contributed by atoms with van der Waals surface area (Å²) in [6, 6.07) is 0. The van der Waals surface area contributed by atoms with Gasteiger partial charge in [0.25, 0.3) is 0 Å². The molecule has 2 aliphatic rings. The Kier molecular flexibility index (Phi) is 9.36. The van der Waals surface area contributed by atoms with Crippen LogP contribution in [0.15, 0.2) is 10.4 Å². The molecule has 0 saturated carbocycles. The van der Waals surface area contributed by atoms with E-state index in [-0.39, 0.29) is 12.0 Å². The largest absolute Gasteiger partial charge is 0.396 e. The Bertz CT molecular complexity index is 652. The van der Waals surface area contributed by atoms with Gasteiger partial charge in [0.1, 0.15) is 0 Å². The number of aromatic nitrogens is 1. The highest BCUT2D eigenvalue weighted by molar-refractivity contribution is 7.09. The summed E-state index contributed by atoms with van der Waals surface area (Å²) in [5.41, 5.74) is 1.22. The van der Waals surface area contributed by atoms with Crippen molar-refractivity contribution in [2.45, 2.75) is 52.5 Å². The van der Waals surface area contributed by atoms with Crippen molar-refractivity contribution >= 4 is 17.3 Å². The van der Waals surface area contributed by atoms with Gasteiger partial charge in [-0.05, 0) is 58.0 Å². The standard InChI is InChI=1S/C22H39N5O2S/c1-3-20-26-19(15-30-20)14-27-9-5-18(6-10-27)13-24-21(23-4-2)25-16-22(7-11-28)8-12-29-17-22/h15,18,28H,3-14,16-17H2,1-2H3,(H2,23,24,25). The van der Waals surface area contributed by atoms with Crippen LogP contribution in [0.4, 0.5) is 0 Å². The Balaban J connectivity index is 1.42. The Morgan fingerprint density at radius 1 is 1.37 bits per heavy atom. The van der Waals surface area contributed by atoms with Gasteiger partial charge in [0.2, 0.25) is 0 Å². The third-order valence-electron chi connectivity index (χ3n) is 6.30. The van der Waals surface area contributed by atoms with Crippen LogP contribution in [-0.4, -0.2) is 73.5 Å². The zero-order valence-electron chi connectivity index (χ0n) is 18.7. The quantitative estimate of drug-likeness (QED) is 0.385. The molecule has 1 aromatic rings. The molecule has 0 bridgehead atoms. The molecule has 0 spiro atoms. The summed E-state index contributed by atoms with van der Waals surface area (Å²) in [6.07, 6.45) is 5.18. The van der Waals surface area contributed by atoms with E-state index in [9.17, 15) is 5.11 Å². The summed E-state index contributed by atoms with van der Waals surface area (Å²) >= 11 is 1.78. The first kappa shape index (κ1) is 23.4. The molecule has 7 nitrogen and oxygen atoms in total. The van der Waals surface area contributed by atoms with Crippen molar-refractivity contribution in [2.75, 3.05) is 52.5 Å². The fourth-order valence-electron chi connectivity index (χ4n) is 4.28. The van der Waals surface area contributed by atoms with E-state index in [4.69, 9.17) is 14.7 Å². The van der Waals surface area contributed by atoms with Crippen molar-refractivity contribution in [1.82, 2.24) is 20.5 Å². The van der Waals surface area contributed by atoms with Crippen molar-refractivity contribution in [3.05, 3.63) is 16.1 Å².